The van der Waals surface area contributed by atoms with Crippen molar-refractivity contribution in [3.05, 3.63) is 29.0 Å². The normalized spacial score (nSPS) is 14.8. The van der Waals surface area contributed by atoms with Gasteiger partial charge in [-0.1, -0.05) is 13.8 Å². The minimum atomic E-state index is 0.0916. The monoisotopic (exact) mass is 414 g/mol. The van der Waals surface area contributed by atoms with E-state index in [4.69, 9.17) is 4.74 Å². The Morgan fingerprint density at radius 1 is 1.21 bits per heavy atom. The molecule has 3 aromatic rings. The standard InChI is InChI=1S/C20H26N6O2S/c1-13(2)11-28-18-10-17(21-12-22-18)25-5-7-26(8-6-25)19(27)16-9-15-14(3)23-24(4)20(15)29-16/h9-10,12-13H,5-8,11H2,1-4H3. The minimum Gasteiger partial charge on any atom is -0.477 e. The number of aromatic nitrogens is 4. The summed E-state index contributed by atoms with van der Waals surface area (Å²) in [5.74, 6) is 1.97. The second-order valence-electron chi connectivity index (χ2n) is 7.74. The Labute approximate surface area is 174 Å². The molecule has 1 amide bonds. The molecule has 0 radical (unpaired) electrons. The molecule has 4 heterocycles. The van der Waals surface area contributed by atoms with Crippen molar-refractivity contribution >= 4 is 33.3 Å². The number of rotatable bonds is 5. The first-order chi connectivity index (χ1) is 13.9. The summed E-state index contributed by atoms with van der Waals surface area (Å²) in [6.07, 6.45) is 1.54. The predicted molar refractivity (Wildman–Crippen MR) is 114 cm³/mol. The lowest BCUT2D eigenvalue weighted by Gasteiger charge is -2.35. The molecule has 1 aliphatic heterocycles. The third-order valence-electron chi connectivity index (χ3n) is 4.99. The van der Waals surface area contributed by atoms with Crippen LogP contribution in [0.2, 0.25) is 0 Å². The van der Waals surface area contributed by atoms with Crippen molar-refractivity contribution in [3.63, 3.8) is 0 Å². The summed E-state index contributed by atoms with van der Waals surface area (Å²) in [5.41, 5.74) is 0.960. The number of amides is 1. The third-order valence-corrected chi connectivity index (χ3v) is 6.18. The lowest BCUT2D eigenvalue weighted by molar-refractivity contribution is 0.0751. The molecule has 0 saturated carbocycles. The van der Waals surface area contributed by atoms with Gasteiger partial charge < -0.3 is 14.5 Å². The first-order valence-corrected chi connectivity index (χ1v) is 10.7. The zero-order chi connectivity index (χ0) is 20.5. The fourth-order valence-corrected chi connectivity index (χ4v) is 4.53. The Morgan fingerprint density at radius 3 is 2.66 bits per heavy atom. The highest BCUT2D eigenvalue weighted by atomic mass is 32.1. The molecule has 0 bridgehead atoms. The van der Waals surface area contributed by atoms with Crippen molar-refractivity contribution < 1.29 is 9.53 Å². The van der Waals surface area contributed by atoms with E-state index in [1.807, 2.05) is 35.7 Å². The van der Waals surface area contributed by atoms with E-state index in [2.05, 4.69) is 33.8 Å². The van der Waals surface area contributed by atoms with Crippen LogP contribution in [0.1, 0.15) is 29.2 Å². The number of carbonyl (C=O) groups excluding carboxylic acids is 1. The number of carbonyl (C=O) groups is 1. The highest BCUT2D eigenvalue weighted by Gasteiger charge is 2.25. The molecule has 4 rings (SSSR count). The molecule has 154 valence electrons. The molecule has 1 aliphatic rings. The Bertz CT molecular complexity index is 985. The molecule has 1 fully saturated rings. The molecule has 0 N–H and O–H groups in total. The lowest BCUT2D eigenvalue weighted by atomic mass is 10.2. The Balaban J connectivity index is 1.40. The number of hydrogen-bond donors (Lipinski definition) is 0. The van der Waals surface area contributed by atoms with Gasteiger partial charge in [0.15, 0.2) is 0 Å². The summed E-state index contributed by atoms with van der Waals surface area (Å²) in [7, 11) is 1.92. The summed E-state index contributed by atoms with van der Waals surface area (Å²) in [4.78, 5) is 27.5. The van der Waals surface area contributed by atoms with Crippen molar-refractivity contribution in [2.75, 3.05) is 37.7 Å². The number of aryl methyl sites for hydroxylation is 2. The first-order valence-electron chi connectivity index (χ1n) is 9.84. The highest BCUT2D eigenvalue weighted by Crippen LogP contribution is 2.29. The molecule has 1 saturated heterocycles. The maximum atomic E-state index is 13.0. The fraction of sp³-hybridized carbons (Fsp3) is 0.500. The number of fused-ring (bicyclic) bond motifs is 1. The fourth-order valence-electron chi connectivity index (χ4n) is 3.44. The Kier molecular flexibility index (Phi) is 5.40. The van der Waals surface area contributed by atoms with Gasteiger partial charge in [-0.2, -0.15) is 5.10 Å². The van der Waals surface area contributed by atoms with Crippen LogP contribution in [-0.4, -0.2) is 63.3 Å². The smallest absolute Gasteiger partial charge is 0.264 e. The van der Waals surface area contributed by atoms with Gasteiger partial charge in [0.2, 0.25) is 5.88 Å². The average molecular weight is 415 g/mol. The van der Waals surface area contributed by atoms with E-state index in [9.17, 15) is 4.79 Å². The maximum Gasteiger partial charge on any atom is 0.264 e. The maximum absolute atomic E-state index is 13.0. The summed E-state index contributed by atoms with van der Waals surface area (Å²) >= 11 is 1.51. The predicted octanol–water partition coefficient (Wildman–Crippen LogP) is 2.73. The van der Waals surface area contributed by atoms with Gasteiger partial charge in [-0.05, 0) is 18.9 Å². The molecule has 0 aromatic carbocycles. The van der Waals surface area contributed by atoms with Gasteiger partial charge in [0.1, 0.15) is 17.0 Å². The molecule has 0 atom stereocenters. The zero-order valence-corrected chi connectivity index (χ0v) is 18.1. The second-order valence-corrected chi connectivity index (χ2v) is 8.77. The number of hydrogen-bond acceptors (Lipinski definition) is 7. The first kappa shape index (κ1) is 19.6. The van der Waals surface area contributed by atoms with Gasteiger partial charge in [-0.25, -0.2) is 9.97 Å². The van der Waals surface area contributed by atoms with Crippen LogP contribution in [-0.2, 0) is 7.05 Å². The Hall–Kier alpha value is -2.68. The molecular weight excluding hydrogens is 388 g/mol. The number of ether oxygens (including phenoxy) is 1. The summed E-state index contributed by atoms with van der Waals surface area (Å²) in [6, 6.07) is 3.85. The van der Waals surface area contributed by atoms with Crippen LogP contribution in [0.4, 0.5) is 5.82 Å². The van der Waals surface area contributed by atoms with Gasteiger partial charge in [0.05, 0.1) is 17.2 Å². The molecule has 9 heteroatoms. The molecule has 3 aromatic heterocycles. The van der Waals surface area contributed by atoms with Gasteiger partial charge >= 0.3 is 0 Å². The number of thiophene rings is 1. The van der Waals surface area contributed by atoms with Gasteiger partial charge in [0, 0.05) is 44.7 Å². The highest BCUT2D eigenvalue weighted by molar-refractivity contribution is 7.20. The van der Waals surface area contributed by atoms with Crippen molar-refractivity contribution in [2.24, 2.45) is 13.0 Å². The zero-order valence-electron chi connectivity index (χ0n) is 17.3. The second kappa shape index (κ2) is 7.98. The van der Waals surface area contributed by atoms with Gasteiger partial charge in [0.25, 0.3) is 5.91 Å². The molecule has 0 aliphatic carbocycles. The van der Waals surface area contributed by atoms with Crippen LogP contribution in [0.3, 0.4) is 0 Å². The molecular formula is C20H26N6O2S. The van der Waals surface area contributed by atoms with Crippen molar-refractivity contribution in [2.45, 2.75) is 20.8 Å². The van der Waals surface area contributed by atoms with E-state index < -0.39 is 0 Å². The Morgan fingerprint density at radius 2 is 1.97 bits per heavy atom. The molecule has 0 spiro atoms. The van der Waals surface area contributed by atoms with Crippen LogP contribution in [0.15, 0.2) is 18.5 Å². The molecule has 0 unspecified atom stereocenters. The van der Waals surface area contributed by atoms with Crippen LogP contribution in [0, 0.1) is 12.8 Å². The molecule has 29 heavy (non-hydrogen) atoms. The van der Waals surface area contributed by atoms with Crippen LogP contribution in [0.25, 0.3) is 10.2 Å². The van der Waals surface area contributed by atoms with Crippen molar-refractivity contribution in [1.29, 1.82) is 0 Å². The van der Waals surface area contributed by atoms with Crippen molar-refractivity contribution in [3.8, 4) is 5.88 Å². The van der Waals surface area contributed by atoms with E-state index in [1.54, 1.807) is 0 Å². The third kappa shape index (κ3) is 4.05. The van der Waals surface area contributed by atoms with E-state index in [-0.39, 0.29) is 5.91 Å². The van der Waals surface area contributed by atoms with Crippen LogP contribution >= 0.6 is 11.3 Å². The lowest BCUT2D eigenvalue weighted by Crippen LogP contribution is -2.48. The SMILES string of the molecule is Cc1nn(C)c2sc(C(=O)N3CCN(c4cc(OCC(C)C)ncn4)CC3)cc12. The van der Waals surface area contributed by atoms with E-state index >= 15 is 0 Å². The van der Waals surface area contributed by atoms with Gasteiger partial charge in [-0.15, -0.1) is 11.3 Å². The van der Waals surface area contributed by atoms with Crippen LogP contribution in [0.5, 0.6) is 5.88 Å². The summed E-state index contributed by atoms with van der Waals surface area (Å²) in [5, 5.41) is 5.47. The summed E-state index contributed by atoms with van der Waals surface area (Å²) < 4.78 is 7.55. The topological polar surface area (TPSA) is 76.4 Å². The quantitative estimate of drug-likeness (QED) is 0.639. The number of nitrogens with zero attached hydrogens (tertiary/aromatic N) is 6. The van der Waals surface area contributed by atoms with E-state index in [0.717, 1.165) is 39.7 Å². The number of piperazine rings is 1. The van der Waals surface area contributed by atoms with Gasteiger partial charge in [-0.3, -0.25) is 9.48 Å². The molecule has 8 nitrogen and oxygen atoms in total. The van der Waals surface area contributed by atoms with E-state index in [0.29, 0.717) is 31.5 Å². The largest absolute Gasteiger partial charge is 0.477 e. The number of anilines is 1. The van der Waals surface area contributed by atoms with E-state index in [1.165, 1.54) is 17.7 Å². The minimum absolute atomic E-state index is 0.0916. The van der Waals surface area contributed by atoms with Crippen molar-refractivity contribution in [1.82, 2.24) is 24.6 Å². The average Bonchev–Trinajstić information content (AvgIpc) is 3.27. The van der Waals surface area contributed by atoms with Crippen LogP contribution < -0.4 is 9.64 Å². The summed E-state index contributed by atoms with van der Waals surface area (Å²) in [6.45, 7) is 9.61.